The van der Waals surface area contributed by atoms with Gasteiger partial charge < -0.3 is 9.30 Å². The highest BCUT2D eigenvalue weighted by Gasteiger charge is 2.16. The van der Waals surface area contributed by atoms with Crippen LogP contribution in [-0.4, -0.2) is 15.7 Å². The molecule has 0 aromatic carbocycles. The Morgan fingerprint density at radius 3 is 2.57 bits per heavy atom. The van der Waals surface area contributed by atoms with Crippen molar-refractivity contribution in [3.8, 4) is 0 Å². The molecule has 0 aliphatic rings. The minimum absolute atomic E-state index is 0.0756. The maximum Gasteiger partial charge on any atom is 0.135 e. The number of nitrogens with zero attached hydrogens (tertiary/aromatic N) is 2. The van der Waals surface area contributed by atoms with Crippen LogP contribution in [0.5, 0.6) is 0 Å². The molecule has 0 bridgehead atoms. The van der Waals surface area contributed by atoms with Crippen molar-refractivity contribution in [2.75, 3.05) is 0 Å². The van der Waals surface area contributed by atoms with Crippen LogP contribution in [-0.2, 0) is 16.9 Å². The van der Waals surface area contributed by atoms with E-state index in [0.29, 0.717) is 6.61 Å². The summed E-state index contributed by atoms with van der Waals surface area (Å²) in [5, 5.41) is 0. The number of ether oxygens (including phenoxy) is 1. The minimum atomic E-state index is 0.0756. The van der Waals surface area contributed by atoms with Crippen LogP contribution in [0.15, 0.2) is 12.4 Å². The first kappa shape index (κ1) is 11.2. The first-order valence-electron chi connectivity index (χ1n) is 5.05. The average molecular weight is 196 g/mol. The molecule has 80 valence electrons. The third-order valence-corrected chi connectivity index (χ3v) is 1.99. The first-order chi connectivity index (χ1) is 6.41. The monoisotopic (exact) mass is 196 g/mol. The minimum Gasteiger partial charge on any atom is -0.371 e. The van der Waals surface area contributed by atoms with Crippen LogP contribution in [0.2, 0.25) is 0 Å². The molecule has 14 heavy (non-hydrogen) atoms. The van der Waals surface area contributed by atoms with E-state index in [9.17, 15) is 0 Å². The Morgan fingerprint density at radius 2 is 2.07 bits per heavy atom. The summed E-state index contributed by atoms with van der Waals surface area (Å²) in [6.07, 6.45) is 4.07. The third kappa shape index (κ3) is 2.84. The number of rotatable bonds is 3. The number of hydrogen-bond donors (Lipinski definition) is 0. The molecule has 0 unspecified atom stereocenters. The molecular weight excluding hydrogens is 176 g/mol. The molecule has 0 aliphatic heterocycles. The molecule has 0 radical (unpaired) electrons. The highest BCUT2D eigenvalue weighted by molar-refractivity contribution is 4.96. The van der Waals surface area contributed by atoms with Gasteiger partial charge in [0, 0.05) is 17.9 Å². The van der Waals surface area contributed by atoms with Gasteiger partial charge in [-0.05, 0) is 34.6 Å². The lowest BCUT2D eigenvalue weighted by atomic mass is 10.1. The van der Waals surface area contributed by atoms with Crippen molar-refractivity contribution in [2.45, 2.75) is 52.9 Å². The molecule has 0 saturated carbocycles. The van der Waals surface area contributed by atoms with E-state index in [1.54, 1.807) is 0 Å². The van der Waals surface area contributed by atoms with E-state index < -0.39 is 0 Å². The van der Waals surface area contributed by atoms with Crippen molar-refractivity contribution in [3.63, 3.8) is 0 Å². The molecule has 0 amide bonds. The average Bonchev–Trinajstić information content (AvgIpc) is 2.46. The second-order valence-corrected chi connectivity index (χ2v) is 4.74. The Balaban J connectivity index is 2.73. The summed E-state index contributed by atoms with van der Waals surface area (Å²) in [7, 11) is 0. The quantitative estimate of drug-likeness (QED) is 0.743. The lowest BCUT2D eigenvalue weighted by molar-refractivity contribution is 0.0573. The molecule has 3 nitrogen and oxygen atoms in total. The molecule has 1 rings (SSSR count). The number of aromatic nitrogens is 2. The predicted octanol–water partition coefficient (Wildman–Crippen LogP) is 2.56. The van der Waals surface area contributed by atoms with E-state index in [-0.39, 0.29) is 11.6 Å². The second-order valence-electron chi connectivity index (χ2n) is 4.74. The maximum absolute atomic E-state index is 5.54. The second kappa shape index (κ2) is 4.13. The van der Waals surface area contributed by atoms with Crippen molar-refractivity contribution >= 4 is 0 Å². The van der Waals surface area contributed by atoms with Gasteiger partial charge in [0.15, 0.2) is 0 Å². The molecule has 1 aromatic rings. The summed E-state index contributed by atoms with van der Waals surface area (Å²) in [6.45, 7) is 11.1. The summed E-state index contributed by atoms with van der Waals surface area (Å²) in [6, 6.07) is 0. The van der Waals surface area contributed by atoms with Gasteiger partial charge in [0.05, 0.1) is 6.10 Å². The van der Waals surface area contributed by atoms with Gasteiger partial charge in [-0.3, -0.25) is 0 Å². The number of hydrogen-bond acceptors (Lipinski definition) is 2. The molecule has 0 aliphatic carbocycles. The standard InChI is InChI=1S/C11H20N2O/c1-9(2)14-8-10-12-6-7-13(10)11(3,4)5/h6-7,9H,8H2,1-5H3. The van der Waals surface area contributed by atoms with Gasteiger partial charge in [-0.1, -0.05) is 0 Å². The fraction of sp³-hybridized carbons (Fsp3) is 0.727. The van der Waals surface area contributed by atoms with E-state index in [1.165, 1.54) is 0 Å². The van der Waals surface area contributed by atoms with Gasteiger partial charge >= 0.3 is 0 Å². The fourth-order valence-electron chi connectivity index (χ4n) is 1.29. The van der Waals surface area contributed by atoms with Gasteiger partial charge in [0.2, 0.25) is 0 Å². The lowest BCUT2D eigenvalue weighted by Crippen LogP contribution is -2.24. The Labute approximate surface area is 86.1 Å². The van der Waals surface area contributed by atoms with Gasteiger partial charge in [-0.2, -0.15) is 0 Å². The van der Waals surface area contributed by atoms with Crippen LogP contribution in [0.4, 0.5) is 0 Å². The van der Waals surface area contributed by atoms with E-state index >= 15 is 0 Å². The van der Waals surface area contributed by atoms with Crippen molar-refractivity contribution in [3.05, 3.63) is 18.2 Å². The van der Waals surface area contributed by atoms with Gasteiger partial charge in [-0.15, -0.1) is 0 Å². The molecule has 1 heterocycles. The van der Waals surface area contributed by atoms with Crippen LogP contribution in [0.3, 0.4) is 0 Å². The lowest BCUT2D eigenvalue weighted by Gasteiger charge is -2.23. The largest absolute Gasteiger partial charge is 0.371 e. The molecule has 1 aromatic heterocycles. The van der Waals surface area contributed by atoms with Gasteiger partial charge in [-0.25, -0.2) is 4.98 Å². The summed E-state index contributed by atoms with van der Waals surface area (Å²) in [4.78, 5) is 4.29. The van der Waals surface area contributed by atoms with Crippen molar-refractivity contribution < 1.29 is 4.74 Å². The van der Waals surface area contributed by atoms with Crippen LogP contribution in [0, 0.1) is 0 Å². The fourth-order valence-corrected chi connectivity index (χ4v) is 1.29. The summed E-state index contributed by atoms with van der Waals surface area (Å²) >= 11 is 0. The van der Waals surface area contributed by atoms with Gasteiger partial charge in [0.25, 0.3) is 0 Å². The van der Waals surface area contributed by atoms with Crippen LogP contribution in [0.1, 0.15) is 40.4 Å². The van der Waals surface area contributed by atoms with Crippen molar-refractivity contribution in [2.24, 2.45) is 0 Å². The zero-order valence-corrected chi connectivity index (χ0v) is 9.74. The zero-order valence-electron chi connectivity index (χ0n) is 9.74. The van der Waals surface area contributed by atoms with Crippen LogP contribution >= 0.6 is 0 Å². The molecule has 0 spiro atoms. The topological polar surface area (TPSA) is 27.1 Å². The van der Waals surface area contributed by atoms with Crippen LogP contribution in [0.25, 0.3) is 0 Å². The Kier molecular flexibility index (Phi) is 3.32. The molecular formula is C11H20N2O. The summed E-state index contributed by atoms with van der Waals surface area (Å²) in [5.41, 5.74) is 0.0756. The Morgan fingerprint density at radius 1 is 1.43 bits per heavy atom. The summed E-state index contributed by atoms with van der Waals surface area (Å²) in [5.74, 6) is 0.992. The summed E-state index contributed by atoms with van der Waals surface area (Å²) < 4.78 is 7.69. The van der Waals surface area contributed by atoms with E-state index in [1.807, 2.05) is 26.2 Å². The number of imidazole rings is 1. The van der Waals surface area contributed by atoms with Crippen LogP contribution < -0.4 is 0 Å². The highest BCUT2D eigenvalue weighted by Crippen LogP contribution is 2.16. The first-order valence-corrected chi connectivity index (χ1v) is 5.05. The maximum atomic E-state index is 5.54. The molecule has 0 saturated heterocycles. The Hall–Kier alpha value is -0.830. The normalized spacial score (nSPS) is 12.4. The van der Waals surface area contributed by atoms with Crippen molar-refractivity contribution in [1.82, 2.24) is 9.55 Å². The van der Waals surface area contributed by atoms with E-state index in [0.717, 1.165) is 5.82 Å². The molecule has 0 N–H and O–H groups in total. The van der Waals surface area contributed by atoms with Crippen molar-refractivity contribution in [1.29, 1.82) is 0 Å². The molecule has 3 heteroatoms. The Bertz CT molecular complexity index is 284. The van der Waals surface area contributed by atoms with E-state index in [2.05, 4.69) is 30.3 Å². The third-order valence-electron chi connectivity index (χ3n) is 1.99. The molecule has 0 atom stereocenters. The zero-order chi connectivity index (χ0) is 10.8. The SMILES string of the molecule is CC(C)OCc1nccn1C(C)(C)C. The van der Waals surface area contributed by atoms with E-state index in [4.69, 9.17) is 4.74 Å². The molecule has 0 fully saturated rings. The predicted molar refractivity (Wildman–Crippen MR) is 57.1 cm³/mol. The van der Waals surface area contributed by atoms with Gasteiger partial charge in [0.1, 0.15) is 12.4 Å². The smallest absolute Gasteiger partial charge is 0.135 e. The highest BCUT2D eigenvalue weighted by atomic mass is 16.5.